The molecule has 0 bridgehead atoms. The van der Waals surface area contributed by atoms with E-state index in [-0.39, 0.29) is 4.75 Å². The lowest BCUT2D eigenvalue weighted by Crippen LogP contribution is -2.43. The van der Waals surface area contributed by atoms with Gasteiger partial charge in [0.15, 0.2) is 5.96 Å². The molecule has 0 saturated heterocycles. The van der Waals surface area contributed by atoms with Crippen LogP contribution in [0.15, 0.2) is 17.3 Å². The number of hydrogen-bond acceptors (Lipinski definition) is 3. The standard InChI is InChI=1S/C12H23N5S/c1-5-13-11(15-9-12(2,3)18-4)14-8-10-6-7-16-17-10/h6-7H,5,8-9H2,1-4H3,(H,16,17)(H2,13,14,15). The Hall–Kier alpha value is -1.17. The predicted molar refractivity (Wildman–Crippen MR) is 79.0 cm³/mol. The highest BCUT2D eigenvalue weighted by Gasteiger charge is 2.15. The molecule has 0 aliphatic carbocycles. The predicted octanol–water partition coefficient (Wildman–Crippen LogP) is 1.61. The zero-order chi connectivity index (χ0) is 13.4. The van der Waals surface area contributed by atoms with Crippen LogP contribution in [0.25, 0.3) is 0 Å². The zero-order valence-electron chi connectivity index (χ0n) is 11.6. The lowest BCUT2D eigenvalue weighted by molar-refractivity contribution is 0.664. The quantitative estimate of drug-likeness (QED) is 0.542. The van der Waals surface area contributed by atoms with Crippen LogP contribution >= 0.6 is 11.8 Å². The van der Waals surface area contributed by atoms with Gasteiger partial charge < -0.3 is 10.6 Å². The molecule has 5 nitrogen and oxygen atoms in total. The molecule has 18 heavy (non-hydrogen) atoms. The van der Waals surface area contributed by atoms with Crippen LogP contribution in [0.3, 0.4) is 0 Å². The van der Waals surface area contributed by atoms with Crippen molar-refractivity contribution in [2.45, 2.75) is 32.1 Å². The maximum absolute atomic E-state index is 4.51. The van der Waals surface area contributed by atoms with Gasteiger partial charge in [0.1, 0.15) is 0 Å². The summed E-state index contributed by atoms with van der Waals surface area (Å²) in [5.41, 5.74) is 1.01. The molecular weight excluding hydrogens is 246 g/mol. The summed E-state index contributed by atoms with van der Waals surface area (Å²) in [6, 6.07) is 1.93. The Morgan fingerprint density at radius 2 is 2.28 bits per heavy atom. The molecule has 0 saturated carbocycles. The molecule has 0 atom stereocenters. The molecule has 1 aromatic heterocycles. The number of hydrogen-bond donors (Lipinski definition) is 3. The lowest BCUT2D eigenvalue weighted by atomic mass is 10.2. The SMILES string of the molecule is CCNC(=NCc1ccn[nH]1)NCC(C)(C)SC. The van der Waals surface area contributed by atoms with Crippen LogP contribution in [0, 0.1) is 0 Å². The number of aliphatic imine (C=N–C) groups is 1. The van der Waals surface area contributed by atoms with E-state index in [1.165, 1.54) is 0 Å². The Morgan fingerprint density at radius 3 is 2.83 bits per heavy atom. The van der Waals surface area contributed by atoms with Crippen molar-refractivity contribution in [3.05, 3.63) is 18.0 Å². The van der Waals surface area contributed by atoms with Crippen molar-refractivity contribution in [2.75, 3.05) is 19.3 Å². The van der Waals surface area contributed by atoms with Gasteiger partial charge in [-0.15, -0.1) is 0 Å². The maximum atomic E-state index is 4.51. The summed E-state index contributed by atoms with van der Waals surface area (Å²) < 4.78 is 0.199. The van der Waals surface area contributed by atoms with Gasteiger partial charge in [-0.25, -0.2) is 4.99 Å². The Balaban J connectivity index is 2.51. The minimum atomic E-state index is 0.199. The molecular formula is C12H23N5S. The monoisotopic (exact) mass is 269 g/mol. The summed E-state index contributed by atoms with van der Waals surface area (Å²) in [4.78, 5) is 4.51. The fourth-order valence-corrected chi connectivity index (χ4v) is 1.46. The van der Waals surface area contributed by atoms with E-state index in [2.05, 4.69) is 52.9 Å². The van der Waals surface area contributed by atoms with Crippen molar-refractivity contribution in [3.8, 4) is 0 Å². The maximum Gasteiger partial charge on any atom is 0.191 e. The van der Waals surface area contributed by atoms with Crippen LogP contribution in [-0.4, -0.2) is 40.2 Å². The average molecular weight is 269 g/mol. The van der Waals surface area contributed by atoms with E-state index in [1.807, 2.05) is 17.8 Å². The van der Waals surface area contributed by atoms with E-state index >= 15 is 0 Å². The second-order valence-electron chi connectivity index (χ2n) is 4.59. The van der Waals surface area contributed by atoms with Gasteiger partial charge in [-0.1, -0.05) is 0 Å². The molecule has 1 heterocycles. The lowest BCUT2D eigenvalue weighted by Gasteiger charge is -2.23. The molecule has 0 aliphatic rings. The molecule has 6 heteroatoms. The van der Waals surface area contributed by atoms with Crippen molar-refractivity contribution >= 4 is 17.7 Å². The van der Waals surface area contributed by atoms with Gasteiger partial charge in [-0.2, -0.15) is 16.9 Å². The highest BCUT2D eigenvalue weighted by molar-refractivity contribution is 7.99. The van der Waals surface area contributed by atoms with Crippen LogP contribution in [0.5, 0.6) is 0 Å². The molecule has 3 N–H and O–H groups in total. The number of H-pyrrole nitrogens is 1. The van der Waals surface area contributed by atoms with Gasteiger partial charge >= 0.3 is 0 Å². The summed E-state index contributed by atoms with van der Waals surface area (Å²) in [6.07, 6.45) is 3.86. The zero-order valence-corrected chi connectivity index (χ0v) is 12.4. The third kappa shape index (κ3) is 5.44. The Labute approximate surface area is 113 Å². The number of aromatic nitrogens is 2. The summed E-state index contributed by atoms with van der Waals surface area (Å²) in [6.45, 7) is 8.83. The van der Waals surface area contributed by atoms with Crippen LogP contribution in [0.1, 0.15) is 26.5 Å². The topological polar surface area (TPSA) is 65.1 Å². The molecule has 0 spiro atoms. The first-order chi connectivity index (χ1) is 8.57. The minimum absolute atomic E-state index is 0.199. The molecule has 0 radical (unpaired) electrons. The van der Waals surface area contributed by atoms with Crippen molar-refractivity contribution in [1.82, 2.24) is 20.8 Å². The largest absolute Gasteiger partial charge is 0.357 e. The van der Waals surface area contributed by atoms with Crippen molar-refractivity contribution in [3.63, 3.8) is 0 Å². The van der Waals surface area contributed by atoms with E-state index in [1.54, 1.807) is 6.20 Å². The van der Waals surface area contributed by atoms with E-state index in [0.717, 1.165) is 24.7 Å². The number of rotatable bonds is 6. The summed E-state index contributed by atoms with van der Waals surface area (Å²) >= 11 is 1.84. The number of aromatic amines is 1. The van der Waals surface area contributed by atoms with Crippen LogP contribution < -0.4 is 10.6 Å². The van der Waals surface area contributed by atoms with Gasteiger partial charge in [0.25, 0.3) is 0 Å². The summed E-state index contributed by atoms with van der Waals surface area (Å²) in [7, 11) is 0. The van der Waals surface area contributed by atoms with Gasteiger partial charge in [0, 0.05) is 24.0 Å². The highest BCUT2D eigenvalue weighted by atomic mass is 32.2. The third-order valence-electron chi connectivity index (χ3n) is 2.54. The molecule has 0 amide bonds. The second-order valence-corrected chi connectivity index (χ2v) is 6.11. The highest BCUT2D eigenvalue weighted by Crippen LogP contribution is 2.19. The fourth-order valence-electron chi connectivity index (χ4n) is 1.25. The van der Waals surface area contributed by atoms with E-state index in [4.69, 9.17) is 0 Å². The molecule has 0 unspecified atom stereocenters. The number of guanidine groups is 1. The number of nitrogens with zero attached hydrogens (tertiary/aromatic N) is 2. The molecule has 1 rings (SSSR count). The average Bonchev–Trinajstić information content (AvgIpc) is 2.86. The summed E-state index contributed by atoms with van der Waals surface area (Å²) in [5.74, 6) is 0.842. The molecule has 0 aromatic carbocycles. The van der Waals surface area contributed by atoms with Crippen LogP contribution in [0.4, 0.5) is 0 Å². The second kappa shape index (κ2) is 7.31. The minimum Gasteiger partial charge on any atom is -0.357 e. The summed E-state index contributed by atoms with van der Waals surface area (Å²) in [5, 5.41) is 13.4. The molecule has 1 aromatic rings. The Morgan fingerprint density at radius 1 is 1.50 bits per heavy atom. The van der Waals surface area contributed by atoms with Gasteiger partial charge in [0.05, 0.1) is 12.2 Å². The van der Waals surface area contributed by atoms with Gasteiger partial charge in [-0.3, -0.25) is 5.10 Å². The first-order valence-electron chi connectivity index (χ1n) is 6.13. The van der Waals surface area contributed by atoms with Crippen molar-refractivity contribution in [1.29, 1.82) is 0 Å². The first-order valence-corrected chi connectivity index (χ1v) is 7.35. The Bertz CT molecular complexity index is 359. The smallest absolute Gasteiger partial charge is 0.191 e. The van der Waals surface area contributed by atoms with Gasteiger partial charge in [-0.05, 0) is 33.1 Å². The van der Waals surface area contributed by atoms with Crippen molar-refractivity contribution in [2.24, 2.45) is 4.99 Å². The number of nitrogens with one attached hydrogen (secondary N) is 3. The third-order valence-corrected chi connectivity index (χ3v) is 3.79. The van der Waals surface area contributed by atoms with E-state index in [9.17, 15) is 0 Å². The van der Waals surface area contributed by atoms with E-state index in [0.29, 0.717) is 6.54 Å². The molecule has 0 fully saturated rings. The number of thioether (sulfide) groups is 1. The normalized spacial score (nSPS) is 12.6. The fraction of sp³-hybridized carbons (Fsp3) is 0.667. The molecule has 0 aliphatic heterocycles. The molecule has 102 valence electrons. The van der Waals surface area contributed by atoms with Crippen LogP contribution in [-0.2, 0) is 6.54 Å². The van der Waals surface area contributed by atoms with Crippen LogP contribution in [0.2, 0.25) is 0 Å². The van der Waals surface area contributed by atoms with Crippen molar-refractivity contribution < 1.29 is 0 Å². The van der Waals surface area contributed by atoms with E-state index < -0.39 is 0 Å². The Kier molecular flexibility index (Phi) is 6.04. The van der Waals surface area contributed by atoms with Gasteiger partial charge in [0.2, 0.25) is 0 Å². The first kappa shape index (κ1) is 14.9.